The van der Waals surface area contributed by atoms with Gasteiger partial charge in [0.1, 0.15) is 0 Å². The number of thioether (sulfide) groups is 1. The van der Waals surface area contributed by atoms with Gasteiger partial charge in [-0.1, -0.05) is 0 Å². The van der Waals surface area contributed by atoms with Crippen LogP contribution in [-0.4, -0.2) is 73.2 Å². The molecule has 0 spiro atoms. The highest BCUT2D eigenvalue weighted by molar-refractivity contribution is 7.98. The van der Waals surface area contributed by atoms with Gasteiger partial charge < -0.3 is 9.64 Å². The lowest BCUT2D eigenvalue weighted by molar-refractivity contribution is -0.134. The number of carbonyl (C=O) groups excluding carboxylic acids is 1. The van der Waals surface area contributed by atoms with Crippen molar-refractivity contribution in [1.29, 1.82) is 0 Å². The molecule has 4 nitrogen and oxygen atoms in total. The molecule has 0 aliphatic carbocycles. The number of carbonyl (C=O) groups is 1. The van der Waals surface area contributed by atoms with Crippen molar-refractivity contribution >= 4 is 17.7 Å². The van der Waals surface area contributed by atoms with E-state index in [-0.39, 0.29) is 5.91 Å². The maximum atomic E-state index is 12.0. The first-order valence-corrected chi connectivity index (χ1v) is 8.63. The Kier molecular flexibility index (Phi) is 8.50. The number of amides is 1. The fraction of sp³-hybridized carbons (Fsp3) is 0.929. The van der Waals surface area contributed by atoms with Gasteiger partial charge in [-0.2, -0.15) is 11.8 Å². The van der Waals surface area contributed by atoms with Crippen molar-refractivity contribution in [2.75, 3.05) is 51.4 Å². The van der Waals surface area contributed by atoms with Crippen molar-refractivity contribution in [2.45, 2.75) is 32.7 Å². The molecule has 19 heavy (non-hydrogen) atoms. The van der Waals surface area contributed by atoms with Gasteiger partial charge in [0.15, 0.2) is 0 Å². The Balaban J connectivity index is 2.07. The first kappa shape index (κ1) is 16.8. The minimum atomic E-state index is 0.244. The highest BCUT2D eigenvalue weighted by atomic mass is 32.2. The first-order valence-electron chi connectivity index (χ1n) is 7.23. The second-order valence-electron chi connectivity index (χ2n) is 5.22. The molecule has 0 atom stereocenters. The summed E-state index contributed by atoms with van der Waals surface area (Å²) in [5.41, 5.74) is 0. The van der Waals surface area contributed by atoms with Gasteiger partial charge in [0.2, 0.25) is 5.91 Å². The molecule has 0 unspecified atom stereocenters. The van der Waals surface area contributed by atoms with Crippen LogP contribution in [0, 0.1) is 0 Å². The molecular weight excluding hydrogens is 260 g/mol. The fourth-order valence-corrected chi connectivity index (χ4v) is 2.62. The summed E-state index contributed by atoms with van der Waals surface area (Å²) >= 11 is 1.83. The quantitative estimate of drug-likeness (QED) is 0.637. The largest absolute Gasteiger partial charge is 0.381 e. The summed E-state index contributed by atoms with van der Waals surface area (Å²) in [6.07, 6.45) is 3.70. The third kappa shape index (κ3) is 6.63. The number of hydrogen-bond acceptors (Lipinski definition) is 4. The van der Waals surface area contributed by atoms with Crippen molar-refractivity contribution in [2.24, 2.45) is 0 Å². The molecule has 1 rings (SSSR count). The van der Waals surface area contributed by atoms with Gasteiger partial charge in [0.25, 0.3) is 0 Å². The van der Waals surface area contributed by atoms with Crippen LogP contribution >= 0.6 is 11.8 Å². The van der Waals surface area contributed by atoms with E-state index in [9.17, 15) is 4.79 Å². The van der Waals surface area contributed by atoms with Crippen LogP contribution in [0.25, 0.3) is 0 Å². The molecule has 0 aromatic carbocycles. The summed E-state index contributed by atoms with van der Waals surface area (Å²) in [5.74, 6) is 1.37. The smallest absolute Gasteiger partial charge is 0.224 e. The Bertz CT molecular complexity index is 254. The summed E-state index contributed by atoms with van der Waals surface area (Å²) < 4.78 is 5.49. The summed E-state index contributed by atoms with van der Waals surface area (Å²) in [4.78, 5) is 16.4. The average Bonchev–Trinajstić information content (AvgIpc) is 2.42. The average molecular weight is 288 g/mol. The monoisotopic (exact) mass is 288 g/mol. The molecule has 0 aromatic rings. The second-order valence-corrected chi connectivity index (χ2v) is 6.20. The van der Waals surface area contributed by atoms with Gasteiger partial charge in [-0.3, -0.25) is 9.69 Å². The van der Waals surface area contributed by atoms with Gasteiger partial charge in [0, 0.05) is 38.8 Å². The van der Waals surface area contributed by atoms with Crippen molar-refractivity contribution in [3.05, 3.63) is 0 Å². The highest BCUT2D eigenvalue weighted by Crippen LogP contribution is 2.07. The van der Waals surface area contributed by atoms with Gasteiger partial charge in [-0.25, -0.2) is 0 Å². The van der Waals surface area contributed by atoms with Gasteiger partial charge in [0.05, 0.1) is 13.0 Å². The van der Waals surface area contributed by atoms with E-state index in [2.05, 4.69) is 25.0 Å². The molecule has 112 valence electrons. The Morgan fingerprint density at radius 3 is 2.47 bits per heavy atom. The predicted molar refractivity (Wildman–Crippen MR) is 81.7 cm³/mol. The molecule has 1 fully saturated rings. The van der Waals surface area contributed by atoms with E-state index in [0.717, 1.165) is 45.0 Å². The lowest BCUT2D eigenvalue weighted by Gasteiger charge is -2.37. The minimum Gasteiger partial charge on any atom is -0.381 e. The van der Waals surface area contributed by atoms with Crippen molar-refractivity contribution < 1.29 is 9.53 Å². The summed E-state index contributed by atoms with van der Waals surface area (Å²) in [6, 6.07) is 0.581. The lowest BCUT2D eigenvalue weighted by atomic mass is 10.2. The Labute approximate surface area is 121 Å². The third-order valence-electron chi connectivity index (χ3n) is 3.49. The molecule has 0 aromatic heterocycles. The Morgan fingerprint density at radius 1 is 1.21 bits per heavy atom. The maximum absolute atomic E-state index is 12.0. The van der Waals surface area contributed by atoms with E-state index >= 15 is 0 Å². The number of piperazine rings is 1. The molecule has 0 bridgehead atoms. The normalized spacial score (nSPS) is 17.2. The van der Waals surface area contributed by atoms with E-state index in [4.69, 9.17) is 4.74 Å². The number of nitrogens with zero attached hydrogens (tertiary/aromatic N) is 2. The zero-order chi connectivity index (χ0) is 14.1. The molecule has 1 amide bonds. The predicted octanol–water partition coefficient (Wildman–Crippen LogP) is 1.70. The van der Waals surface area contributed by atoms with Gasteiger partial charge >= 0.3 is 0 Å². The molecular formula is C14H28N2O2S. The minimum absolute atomic E-state index is 0.244. The fourth-order valence-electron chi connectivity index (χ4n) is 2.21. The standard InChI is InChI=1S/C14H28N2O2S/c1-13(2)15-6-8-16(9-7-15)14(17)5-11-18-10-4-12-19-3/h13H,4-12H2,1-3H3. The van der Waals surface area contributed by atoms with Crippen LogP contribution < -0.4 is 0 Å². The first-order chi connectivity index (χ1) is 9.15. The van der Waals surface area contributed by atoms with Crippen LogP contribution in [0.15, 0.2) is 0 Å². The zero-order valence-corrected chi connectivity index (χ0v) is 13.4. The Morgan fingerprint density at radius 2 is 1.89 bits per heavy atom. The van der Waals surface area contributed by atoms with E-state index in [0.29, 0.717) is 19.1 Å². The molecule has 0 saturated carbocycles. The highest BCUT2D eigenvalue weighted by Gasteiger charge is 2.21. The van der Waals surface area contributed by atoms with E-state index in [1.165, 1.54) is 0 Å². The van der Waals surface area contributed by atoms with E-state index in [1.807, 2.05) is 16.7 Å². The van der Waals surface area contributed by atoms with Crippen LogP contribution in [0.3, 0.4) is 0 Å². The molecule has 1 aliphatic rings. The van der Waals surface area contributed by atoms with Gasteiger partial charge in [-0.15, -0.1) is 0 Å². The topological polar surface area (TPSA) is 32.8 Å². The molecule has 0 radical (unpaired) electrons. The number of hydrogen-bond donors (Lipinski definition) is 0. The summed E-state index contributed by atoms with van der Waals surface area (Å²) in [5, 5.41) is 0. The molecule has 0 N–H and O–H groups in total. The van der Waals surface area contributed by atoms with E-state index in [1.54, 1.807) is 0 Å². The van der Waals surface area contributed by atoms with Crippen molar-refractivity contribution in [1.82, 2.24) is 9.80 Å². The van der Waals surface area contributed by atoms with Crippen LogP contribution in [-0.2, 0) is 9.53 Å². The van der Waals surface area contributed by atoms with Crippen molar-refractivity contribution in [3.63, 3.8) is 0 Å². The van der Waals surface area contributed by atoms with Crippen molar-refractivity contribution in [3.8, 4) is 0 Å². The Hall–Kier alpha value is -0.260. The number of rotatable bonds is 8. The SMILES string of the molecule is CSCCCOCCC(=O)N1CCN(C(C)C)CC1. The molecule has 1 heterocycles. The second kappa shape index (κ2) is 9.61. The summed E-state index contributed by atoms with van der Waals surface area (Å²) in [6.45, 7) is 9.48. The molecule has 1 aliphatic heterocycles. The third-order valence-corrected chi connectivity index (χ3v) is 4.19. The number of ether oxygens (including phenoxy) is 1. The van der Waals surface area contributed by atoms with Crippen LogP contribution in [0.2, 0.25) is 0 Å². The zero-order valence-electron chi connectivity index (χ0n) is 12.6. The van der Waals surface area contributed by atoms with Crippen LogP contribution in [0.1, 0.15) is 26.7 Å². The van der Waals surface area contributed by atoms with Crippen LogP contribution in [0.4, 0.5) is 0 Å². The van der Waals surface area contributed by atoms with Gasteiger partial charge in [-0.05, 0) is 32.3 Å². The summed E-state index contributed by atoms with van der Waals surface area (Å²) in [7, 11) is 0. The van der Waals surface area contributed by atoms with E-state index < -0.39 is 0 Å². The molecule has 5 heteroatoms. The molecule has 1 saturated heterocycles. The maximum Gasteiger partial charge on any atom is 0.224 e. The lowest BCUT2D eigenvalue weighted by Crippen LogP contribution is -2.50. The van der Waals surface area contributed by atoms with Crippen LogP contribution in [0.5, 0.6) is 0 Å².